The van der Waals surface area contributed by atoms with Gasteiger partial charge >= 0.3 is 0 Å². The molecule has 1 saturated carbocycles. The molecule has 0 heterocycles. The van der Waals surface area contributed by atoms with Crippen LogP contribution in [0.3, 0.4) is 0 Å². The van der Waals surface area contributed by atoms with Gasteiger partial charge < -0.3 is 22.9 Å². The summed E-state index contributed by atoms with van der Waals surface area (Å²) in [6.45, 7) is 4.03. The third-order valence-corrected chi connectivity index (χ3v) is 3.32. The Morgan fingerprint density at radius 3 is 0.917 bits per heavy atom. The first-order valence-corrected chi connectivity index (χ1v) is 4.49. The molecule has 12 heavy (non-hydrogen) atoms. The van der Waals surface area contributed by atoms with Gasteiger partial charge in [-0.25, -0.2) is 0 Å². The quantitative estimate of drug-likeness (QED) is 0.360. The molecular weight excluding hydrogens is 152 g/mol. The number of hydrogen-bond donors (Lipinski definition) is 4. The first-order chi connectivity index (χ1) is 5.46. The zero-order chi connectivity index (χ0) is 9.46. The molecule has 0 amide bonds. The molecule has 4 heteroatoms. The Morgan fingerprint density at radius 2 is 0.750 bits per heavy atom. The first-order valence-electron chi connectivity index (χ1n) is 4.49. The highest BCUT2D eigenvalue weighted by molar-refractivity contribution is 5.02. The van der Waals surface area contributed by atoms with Crippen LogP contribution in [0.2, 0.25) is 0 Å². The van der Waals surface area contributed by atoms with E-state index in [0.29, 0.717) is 0 Å². The highest BCUT2D eigenvalue weighted by Crippen LogP contribution is 2.24. The average Bonchev–Trinajstić information content (AvgIpc) is 2.08. The maximum absolute atomic E-state index is 5.90. The lowest BCUT2D eigenvalue weighted by molar-refractivity contribution is 0.168. The maximum Gasteiger partial charge on any atom is 0.0237 e. The highest BCUT2D eigenvalue weighted by atomic mass is 14.9. The molecule has 0 bridgehead atoms. The summed E-state index contributed by atoms with van der Waals surface area (Å²) in [4.78, 5) is 0. The van der Waals surface area contributed by atoms with E-state index in [1.807, 2.05) is 13.8 Å². The second-order valence-corrected chi connectivity index (χ2v) is 4.03. The molecule has 0 radical (unpaired) electrons. The van der Waals surface area contributed by atoms with Gasteiger partial charge in [0.2, 0.25) is 0 Å². The molecule has 72 valence electrons. The SMILES string of the molecule is CC1C(N)C(N)C(C)C(N)C1N. The molecule has 0 aromatic heterocycles. The Bertz CT molecular complexity index is 103. The van der Waals surface area contributed by atoms with Crippen molar-refractivity contribution in [3.05, 3.63) is 0 Å². The van der Waals surface area contributed by atoms with E-state index in [0.717, 1.165) is 0 Å². The number of nitrogens with two attached hydrogens (primary N) is 4. The molecule has 0 aromatic rings. The molecule has 1 aliphatic rings. The predicted octanol–water partition coefficient (Wildman–Crippen LogP) is -1.42. The van der Waals surface area contributed by atoms with Crippen molar-refractivity contribution < 1.29 is 0 Å². The van der Waals surface area contributed by atoms with Crippen molar-refractivity contribution in [3.63, 3.8) is 0 Å². The summed E-state index contributed by atoms with van der Waals surface area (Å²) < 4.78 is 0. The molecule has 0 aliphatic heterocycles. The molecule has 1 aliphatic carbocycles. The molecule has 4 atom stereocenters. The van der Waals surface area contributed by atoms with E-state index in [1.54, 1.807) is 0 Å². The van der Waals surface area contributed by atoms with Crippen LogP contribution in [0, 0.1) is 11.8 Å². The van der Waals surface area contributed by atoms with E-state index in [9.17, 15) is 0 Å². The average molecular weight is 172 g/mol. The third-order valence-electron chi connectivity index (χ3n) is 3.32. The van der Waals surface area contributed by atoms with Crippen molar-refractivity contribution in [2.75, 3.05) is 0 Å². The number of rotatable bonds is 0. The third kappa shape index (κ3) is 1.35. The molecule has 0 saturated heterocycles. The summed E-state index contributed by atoms with van der Waals surface area (Å²) in [6, 6.07) is -0.0748. The Hall–Kier alpha value is -0.160. The van der Waals surface area contributed by atoms with Crippen LogP contribution >= 0.6 is 0 Å². The van der Waals surface area contributed by atoms with Crippen molar-refractivity contribution in [2.45, 2.75) is 38.0 Å². The van der Waals surface area contributed by atoms with Crippen LogP contribution in [0.25, 0.3) is 0 Å². The largest absolute Gasteiger partial charge is 0.326 e. The van der Waals surface area contributed by atoms with Crippen molar-refractivity contribution in [1.29, 1.82) is 0 Å². The summed E-state index contributed by atoms with van der Waals surface area (Å²) in [6.07, 6.45) is 0. The van der Waals surface area contributed by atoms with Crippen molar-refractivity contribution in [1.82, 2.24) is 0 Å². The van der Waals surface area contributed by atoms with Crippen LogP contribution in [0.1, 0.15) is 13.8 Å². The van der Waals surface area contributed by atoms with Gasteiger partial charge in [-0.15, -0.1) is 0 Å². The van der Waals surface area contributed by atoms with Crippen LogP contribution in [0.5, 0.6) is 0 Å². The van der Waals surface area contributed by atoms with E-state index in [2.05, 4.69) is 0 Å². The van der Waals surface area contributed by atoms with Crippen LogP contribution in [-0.4, -0.2) is 24.2 Å². The summed E-state index contributed by atoms with van der Waals surface area (Å²) in [7, 11) is 0. The standard InChI is InChI=1S/C8H20N4/c1-3-5(9)7(11)4(2)8(12)6(3)10/h3-8H,9-12H2,1-2H3. The van der Waals surface area contributed by atoms with Crippen LogP contribution in [0.15, 0.2) is 0 Å². The molecule has 0 spiro atoms. The summed E-state index contributed by atoms with van der Waals surface area (Å²) in [5.74, 6) is 0.428. The Labute approximate surface area is 73.6 Å². The number of hydrogen-bond acceptors (Lipinski definition) is 4. The van der Waals surface area contributed by atoms with Gasteiger partial charge in [-0.3, -0.25) is 0 Å². The van der Waals surface area contributed by atoms with Gasteiger partial charge in [-0.2, -0.15) is 0 Å². The second-order valence-electron chi connectivity index (χ2n) is 4.03. The van der Waals surface area contributed by atoms with E-state index >= 15 is 0 Å². The lowest BCUT2D eigenvalue weighted by atomic mass is 9.71. The van der Waals surface area contributed by atoms with Crippen molar-refractivity contribution in [3.8, 4) is 0 Å². The molecule has 1 rings (SSSR count). The zero-order valence-electron chi connectivity index (χ0n) is 7.77. The maximum atomic E-state index is 5.90. The van der Waals surface area contributed by atoms with Gasteiger partial charge in [0.05, 0.1) is 0 Å². The summed E-state index contributed by atoms with van der Waals surface area (Å²) in [5, 5.41) is 0. The Kier molecular flexibility index (Phi) is 2.73. The van der Waals surface area contributed by atoms with Gasteiger partial charge in [-0.1, -0.05) is 13.8 Å². The van der Waals surface area contributed by atoms with Gasteiger partial charge in [0, 0.05) is 24.2 Å². The molecule has 4 nitrogen and oxygen atoms in total. The van der Waals surface area contributed by atoms with Gasteiger partial charge in [-0.05, 0) is 11.8 Å². The van der Waals surface area contributed by atoms with Gasteiger partial charge in [0.15, 0.2) is 0 Å². The topological polar surface area (TPSA) is 104 Å². The van der Waals surface area contributed by atoms with Crippen molar-refractivity contribution in [2.24, 2.45) is 34.8 Å². The van der Waals surface area contributed by atoms with E-state index in [4.69, 9.17) is 22.9 Å². The van der Waals surface area contributed by atoms with Gasteiger partial charge in [0.1, 0.15) is 0 Å². The Morgan fingerprint density at radius 1 is 0.583 bits per heavy atom. The fourth-order valence-corrected chi connectivity index (χ4v) is 1.92. The monoisotopic (exact) mass is 172 g/mol. The van der Waals surface area contributed by atoms with Crippen LogP contribution in [0.4, 0.5) is 0 Å². The van der Waals surface area contributed by atoms with Crippen molar-refractivity contribution >= 4 is 0 Å². The Balaban J connectivity index is 2.76. The minimum Gasteiger partial charge on any atom is -0.326 e. The fourth-order valence-electron chi connectivity index (χ4n) is 1.92. The summed E-state index contributed by atoms with van der Waals surface area (Å²) >= 11 is 0. The molecule has 1 fully saturated rings. The molecular formula is C8H20N4. The van der Waals surface area contributed by atoms with E-state index in [1.165, 1.54) is 0 Å². The normalized spacial score (nSPS) is 55.5. The zero-order valence-corrected chi connectivity index (χ0v) is 7.77. The van der Waals surface area contributed by atoms with Gasteiger partial charge in [0.25, 0.3) is 0 Å². The minimum absolute atomic E-state index is 0.0187. The highest BCUT2D eigenvalue weighted by Gasteiger charge is 2.40. The predicted molar refractivity (Wildman–Crippen MR) is 50.2 cm³/mol. The second kappa shape index (κ2) is 3.30. The van der Waals surface area contributed by atoms with E-state index in [-0.39, 0.29) is 36.0 Å². The first kappa shape index (κ1) is 9.92. The fraction of sp³-hybridized carbons (Fsp3) is 1.00. The lowest BCUT2D eigenvalue weighted by Crippen LogP contribution is -2.67. The molecule has 4 unspecified atom stereocenters. The van der Waals surface area contributed by atoms with E-state index < -0.39 is 0 Å². The van der Waals surface area contributed by atoms with Crippen LogP contribution < -0.4 is 22.9 Å². The minimum atomic E-state index is -0.0187. The smallest absolute Gasteiger partial charge is 0.0237 e. The van der Waals surface area contributed by atoms with Crippen LogP contribution in [-0.2, 0) is 0 Å². The molecule has 8 N–H and O–H groups in total. The summed E-state index contributed by atoms with van der Waals surface area (Å²) in [5.41, 5.74) is 23.6. The molecule has 0 aromatic carbocycles. The lowest BCUT2D eigenvalue weighted by Gasteiger charge is -2.44.